The van der Waals surface area contributed by atoms with E-state index in [1.807, 2.05) is 0 Å². The summed E-state index contributed by atoms with van der Waals surface area (Å²) in [5, 5.41) is 11.1. The normalized spacial score (nSPS) is 10.5. The maximum atomic E-state index is 13.6. The molecule has 0 atom stereocenters. The van der Waals surface area contributed by atoms with E-state index in [9.17, 15) is 13.6 Å². The molecule has 2 aromatic rings. The molecule has 1 aromatic carbocycles. The molecule has 0 saturated carbocycles. The molecule has 0 saturated heterocycles. The van der Waals surface area contributed by atoms with Crippen molar-refractivity contribution in [1.29, 1.82) is 0 Å². The first kappa shape index (κ1) is 13.0. The van der Waals surface area contributed by atoms with Crippen LogP contribution < -0.4 is 5.32 Å². The Morgan fingerprint density at radius 2 is 2.05 bits per heavy atom. The van der Waals surface area contributed by atoms with Crippen LogP contribution in [-0.4, -0.2) is 16.1 Å². The van der Waals surface area contributed by atoms with Crippen LogP contribution >= 0.6 is 0 Å². The fourth-order valence-corrected chi connectivity index (χ4v) is 1.51. The summed E-state index contributed by atoms with van der Waals surface area (Å²) < 4.78 is 32.3. The van der Waals surface area contributed by atoms with Gasteiger partial charge >= 0.3 is 5.97 Å². The second-order valence-corrected chi connectivity index (χ2v) is 3.84. The van der Waals surface area contributed by atoms with Gasteiger partial charge in [-0.15, -0.1) is 0 Å². The fourth-order valence-electron chi connectivity index (χ4n) is 1.51. The van der Waals surface area contributed by atoms with Gasteiger partial charge in [-0.2, -0.15) is 0 Å². The molecule has 5 nitrogen and oxygen atoms in total. The summed E-state index contributed by atoms with van der Waals surface area (Å²) >= 11 is 0. The number of hydrogen-bond acceptors (Lipinski definition) is 4. The number of halogens is 2. The molecular formula is C12H10F2N2O3. The third-order valence-electron chi connectivity index (χ3n) is 2.37. The van der Waals surface area contributed by atoms with Crippen LogP contribution in [0.15, 0.2) is 22.7 Å². The van der Waals surface area contributed by atoms with Crippen LogP contribution in [0.4, 0.5) is 14.5 Å². The number of aromatic nitrogens is 1. The third-order valence-corrected chi connectivity index (χ3v) is 2.37. The van der Waals surface area contributed by atoms with E-state index in [0.717, 1.165) is 12.1 Å². The van der Waals surface area contributed by atoms with E-state index in [1.54, 1.807) is 6.92 Å². The van der Waals surface area contributed by atoms with E-state index in [2.05, 4.69) is 10.3 Å². The molecule has 0 aliphatic heterocycles. The molecule has 0 bridgehead atoms. The molecule has 0 radical (unpaired) electrons. The Morgan fingerprint density at radius 1 is 1.42 bits per heavy atom. The quantitative estimate of drug-likeness (QED) is 0.891. The standard InChI is InChI=1S/C12H10F2N2O3/c1-6-4-15-10(19-6)5-16-11-8(13)2-7(12(17)18)3-9(11)14/h2-4,16H,5H2,1H3,(H,17,18). The Labute approximate surface area is 106 Å². The Kier molecular flexibility index (Phi) is 3.46. The van der Waals surface area contributed by atoms with Crippen LogP contribution in [0.2, 0.25) is 0 Å². The lowest BCUT2D eigenvalue weighted by molar-refractivity contribution is 0.0696. The average Bonchev–Trinajstić information content (AvgIpc) is 2.73. The number of nitrogens with one attached hydrogen (secondary N) is 1. The summed E-state index contributed by atoms with van der Waals surface area (Å²) in [7, 11) is 0. The largest absolute Gasteiger partial charge is 0.478 e. The molecule has 1 aromatic heterocycles. The van der Waals surface area contributed by atoms with Crippen molar-refractivity contribution in [3.8, 4) is 0 Å². The van der Waals surface area contributed by atoms with Gasteiger partial charge in [0.25, 0.3) is 0 Å². The highest BCUT2D eigenvalue weighted by atomic mass is 19.1. The van der Waals surface area contributed by atoms with E-state index < -0.39 is 28.9 Å². The van der Waals surface area contributed by atoms with Crippen molar-refractivity contribution in [3.05, 3.63) is 47.2 Å². The summed E-state index contributed by atoms with van der Waals surface area (Å²) in [6.45, 7) is 1.69. The Morgan fingerprint density at radius 3 is 2.53 bits per heavy atom. The van der Waals surface area contributed by atoms with Crippen LogP contribution in [0.1, 0.15) is 22.0 Å². The van der Waals surface area contributed by atoms with Gasteiger partial charge in [0.1, 0.15) is 23.1 Å². The van der Waals surface area contributed by atoms with Gasteiger partial charge in [0, 0.05) is 0 Å². The van der Waals surface area contributed by atoms with Gasteiger partial charge in [-0.3, -0.25) is 0 Å². The fraction of sp³-hybridized carbons (Fsp3) is 0.167. The molecule has 2 rings (SSSR count). The lowest BCUT2D eigenvalue weighted by Crippen LogP contribution is -2.06. The van der Waals surface area contributed by atoms with Crippen molar-refractivity contribution in [3.63, 3.8) is 0 Å². The molecule has 0 aliphatic rings. The summed E-state index contributed by atoms with van der Waals surface area (Å²) in [6, 6.07) is 1.49. The summed E-state index contributed by atoms with van der Waals surface area (Å²) in [5.41, 5.74) is -0.867. The summed E-state index contributed by atoms with van der Waals surface area (Å²) in [6.07, 6.45) is 1.48. The van der Waals surface area contributed by atoms with E-state index >= 15 is 0 Å². The number of oxazole rings is 1. The predicted octanol–water partition coefficient (Wildman–Crippen LogP) is 2.57. The topological polar surface area (TPSA) is 75.4 Å². The van der Waals surface area contributed by atoms with Gasteiger partial charge in [0.15, 0.2) is 0 Å². The van der Waals surface area contributed by atoms with E-state index in [0.29, 0.717) is 5.76 Å². The number of carboxylic acids is 1. The maximum Gasteiger partial charge on any atom is 0.335 e. The molecule has 0 aliphatic carbocycles. The molecule has 1 heterocycles. The smallest absolute Gasteiger partial charge is 0.335 e. The first-order valence-electron chi connectivity index (χ1n) is 5.35. The SMILES string of the molecule is Cc1cnc(CNc2c(F)cc(C(=O)O)cc2F)o1. The van der Waals surface area contributed by atoms with Gasteiger partial charge in [-0.05, 0) is 19.1 Å². The lowest BCUT2D eigenvalue weighted by Gasteiger charge is -2.07. The molecule has 7 heteroatoms. The van der Waals surface area contributed by atoms with Gasteiger partial charge < -0.3 is 14.8 Å². The van der Waals surface area contributed by atoms with Crippen molar-refractivity contribution < 1.29 is 23.1 Å². The van der Waals surface area contributed by atoms with Crippen LogP contribution in [0, 0.1) is 18.6 Å². The van der Waals surface area contributed by atoms with Crippen LogP contribution in [-0.2, 0) is 6.54 Å². The Bertz CT molecular complexity index is 602. The van der Waals surface area contributed by atoms with E-state index in [1.165, 1.54) is 6.20 Å². The highest BCUT2D eigenvalue weighted by Crippen LogP contribution is 2.21. The molecule has 100 valence electrons. The number of aryl methyl sites for hydroxylation is 1. The van der Waals surface area contributed by atoms with Crippen LogP contribution in [0.25, 0.3) is 0 Å². The average molecular weight is 268 g/mol. The van der Waals surface area contributed by atoms with E-state index in [4.69, 9.17) is 9.52 Å². The van der Waals surface area contributed by atoms with Gasteiger partial charge in [0.2, 0.25) is 5.89 Å². The van der Waals surface area contributed by atoms with Crippen molar-refractivity contribution in [2.45, 2.75) is 13.5 Å². The van der Waals surface area contributed by atoms with Crippen molar-refractivity contribution in [2.75, 3.05) is 5.32 Å². The number of nitrogens with zero attached hydrogens (tertiary/aromatic N) is 1. The van der Waals surface area contributed by atoms with E-state index in [-0.39, 0.29) is 12.4 Å². The highest BCUT2D eigenvalue weighted by molar-refractivity contribution is 5.88. The zero-order valence-corrected chi connectivity index (χ0v) is 9.91. The molecule has 0 unspecified atom stereocenters. The minimum atomic E-state index is -1.40. The minimum Gasteiger partial charge on any atom is -0.478 e. The Hall–Kier alpha value is -2.44. The van der Waals surface area contributed by atoms with Gasteiger partial charge in [-0.1, -0.05) is 0 Å². The first-order valence-corrected chi connectivity index (χ1v) is 5.35. The zero-order valence-electron chi connectivity index (χ0n) is 9.91. The molecule has 0 fully saturated rings. The number of hydrogen-bond donors (Lipinski definition) is 2. The summed E-state index contributed by atoms with van der Waals surface area (Å²) in [4.78, 5) is 14.5. The second kappa shape index (κ2) is 5.05. The number of benzene rings is 1. The molecule has 0 amide bonds. The van der Waals surface area contributed by atoms with Gasteiger partial charge in [0.05, 0.1) is 18.3 Å². The molecule has 0 spiro atoms. The molecular weight excluding hydrogens is 258 g/mol. The monoisotopic (exact) mass is 268 g/mol. The van der Waals surface area contributed by atoms with Crippen LogP contribution in [0.5, 0.6) is 0 Å². The van der Waals surface area contributed by atoms with Crippen molar-refractivity contribution in [2.24, 2.45) is 0 Å². The number of carboxylic acid groups (broad SMARTS) is 1. The lowest BCUT2D eigenvalue weighted by atomic mass is 10.2. The zero-order chi connectivity index (χ0) is 14.0. The number of carbonyl (C=O) groups is 1. The molecule has 2 N–H and O–H groups in total. The number of rotatable bonds is 4. The van der Waals surface area contributed by atoms with Gasteiger partial charge in [-0.25, -0.2) is 18.6 Å². The highest BCUT2D eigenvalue weighted by Gasteiger charge is 2.15. The first-order chi connectivity index (χ1) is 8.97. The Balaban J connectivity index is 2.18. The second-order valence-electron chi connectivity index (χ2n) is 3.84. The number of aromatic carboxylic acids is 1. The predicted molar refractivity (Wildman–Crippen MR) is 61.9 cm³/mol. The molecule has 19 heavy (non-hydrogen) atoms. The third kappa shape index (κ3) is 2.87. The minimum absolute atomic E-state index is 0.00586. The summed E-state index contributed by atoms with van der Waals surface area (Å²) in [5.74, 6) is -2.51. The maximum absolute atomic E-state index is 13.6. The van der Waals surface area contributed by atoms with Crippen molar-refractivity contribution >= 4 is 11.7 Å². The van der Waals surface area contributed by atoms with Crippen molar-refractivity contribution in [1.82, 2.24) is 4.98 Å². The van der Waals surface area contributed by atoms with Crippen LogP contribution in [0.3, 0.4) is 0 Å². The number of anilines is 1.